The zero-order chi connectivity index (χ0) is 20.0. The number of aromatic hydroxyl groups is 1. The van der Waals surface area contributed by atoms with Crippen molar-refractivity contribution in [2.45, 2.75) is 91.1 Å². The third kappa shape index (κ3) is 3.43. The molecule has 4 nitrogen and oxygen atoms in total. The first-order valence-corrected chi connectivity index (χ1v) is 10.4. The lowest BCUT2D eigenvalue weighted by molar-refractivity contribution is 0.0386. The number of carboxylic acid groups (broad SMARTS) is 1. The van der Waals surface area contributed by atoms with Gasteiger partial charge in [0.05, 0.1) is 0 Å². The molecule has 1 unspecified atom stereocenters. The zero-order valence-corrected chi connectivity index (χ0v) is 17.4. The molecule has 0 aromatic heterocycles. The van der Waals surface area contributed by atoms with Crippen LogP contribution in [0.5, 0.6) is 11.5 Å². The Hall–Kier alpha value is -1.71. The number of hydrogen-bond donors (Lipinski definition) is 2. The predicted molar refractivity (Wildman–Crippen MR) is 107 cm³/mol. The summed E-state index contributed by atoms with van der Waals surface area (Å²) in [6.45, 7) is 11.0. The summed E-state index contributed by atoms with van der Waals surface area (Å²) in [5.74, 6) is 0.141. The molecule has 1 heterocycles. The number of aromatic carboxylic acids is 1. The number of unbranched alkanes of at least 4 members (excludes halogenated alkanes) is 2. The highest BCUT2D eigenvalue weighted by Crippen LogP contribution is 2.59. The van der Waals surface area contributed by atoms with Gasteiger partial charge >= 0.3 is 5.97 Å². The standard InChI is InChI=1S/C23H34O4/c1-6-7-8-9-15-12-17-19(20(24)18(15)21(25)26)16-13-23(5,27-17)11-10-14(2)22(16,3)4/h12,14,16,24H,6-11,13H2,1-5H3,(H,25,26)/t14-,16?,23+/m0/s1. The van der Waals surface area contributed by atoms with Crippen molar-refractivity contribution in [3.8, 4) is 11.5 Å². The molecule has 1 aromatic carbocycles. The highest BCUT2D eigenvalue weighted by molar-refractivity contribution is 5.94. The number of ether oxygens (including phenoxy) is 1. The average Bonchev–Trinajstić information content (AvgIpc) is 2.64. The zero-order valence-electron chi connectivity index (χ0n) is 17.4. The van der Waals surface area contributed by atoms with E-state index in [4.69, 9.17) is 4.74 Å². The van der Waals surface area contributed by atoms with Gasteiger partial charge in [0.2, 0.25) is 0 Å². The summed E-state index contributed by atoms with van der Waals surface area (Å²) in [5, 5.41) is 20.9. The van der Waals surface area contributed by atoms with Crippen molar-refractivity contribution in [1.82, 2.24) is 0 Å². The first kappa shape index (κ1) is 20.0. The molecule has 1 aromatic rings. The van der Waals surface area contributed by atoms with Crippen molar-refractivity contribution in [3.63, 3.8) is 0 Å². The van der Waals surface area contributed by atoms with E-state index in [1.54, 1.807) is 0 Å². The number of carboxylic acids is 1. The quantitative estimate of drug-likeness (QED) is 0.629. The molecule has 27 heavy (non-hydrogen) atoms. The smallest absolute Gasteiger partial charge is 0.339 e. The summed E-state index contributed by atoms with van der Waals surface area (Å²) in [5.41, 5.74) is 1.19. The van der Waals surface area contributed by atoms with E-state index in [0.717, 1.165) is 38.5 Å². The average molecular weight is 375 g/mol. The Bertz CT molecular complexity index is 736. The maximum Gasteiger partial charge on any atom is 0.339 e. The van der Waals surface area contributed by atoms with Gasteiger partial charge in [-0.25, -0.2) is 4.79 Å². The van der Waals surface area contributed by atoms with Crippen molar-refractivity contribution >= 4 is 5.97 Å². The highest BCUT2D eigenvalue weighted by atomic mass is 16.5. The van der Waals surface area contributed by atoms with Gasteiger partial charge in [-0.1, -0.05) is 40.5 Å². The monoisotopic (exact) mass is 374 g/mol. The van der Waals surface area contributed by atoms with Crippen molar-refractivity contribution in [2.75, 3.05) is 0 Å². The van der Waals surface area contributed by atoms with Gasteiger partial charge in [-0.2, -0.15) is 0 Å². The number of aryl methyl sites for hydroxylation is 1. The van der Waals surface area contributed by atoms with Crippen LogP contribution < -0.4 is 4.74 Å². The van der Waals surface area contributed by atoms with Gasteiger partial charge in [0.15, 0.2) is 0 Å². The van der Waals surface area contributed by atoms with E-state index < -0.39 is 5.97 Å². The summed E-state index contributed by atoms with van der Waals surface area (Å²) in [6, 6.07) is 1.91. The van der Waals surface area contributed by atoms with Crippen LogP contribution in [0, 0.1) is 11.3 Å². The van der Waals surface area contributed by atoms with Crippen LogP contribution in [0.25, 0.3) is 0 Å². The number of phenols is 1. The largest absolute Gasteiger partial charge is 0.507 e. The van der Waals surface area contributed by atoms with Gasteiger partial charge in [0.1, 0.15) is 22.7 Å². The van der Waals surface area contributed by atoms with E-state index in [2.05, 4.69) is 34.6 Å². The molecule has 2 bridgehead atoms. The lowest BCUT2D eigenvalue weighted by Crippen LogP contribution is -2.40. The number of rotatable bonds is 5. The van der Waals surface area contributed by atoms with E-state index in [1.165, 1.54) is 0 Å². The molecule has 3 rings (SSSR count). The van der Waals surface area contributed by atoms with Crippen molar-refractivity contribution in [3.05, 3.63) is 22.8 Å². The maximum atomic E-state index is 12.0. The van der Waals surface area contributed by atoms with Gasteiger partial charge in [-0.05, 0) is 62.0 Å². The van der Waals surface area contributed by atoms with Crippen LogP contribution in [0.3, 0.4) is 0 Å². The van der Waals surface area contributed by atoms with Crippen LogP contribution >= 0.6 is 0 Å². The Balaban J connectivity index is 2.17. The van der Waals surface area contributed by atoms with Crippen LogP contribution in [0.15, 0.2) is 6.07 Å². The topological polar surface area (TPSA) is 66.8 Å². The molecule has 0 amide bonds. The minimum atomic E-state index is -1.05. The third-order valence-electron chi connectivity index (χ3n) is 7.26. The van der Waals surface area contributed by atoms with E-state index in [-0.39, 0.29) is 28.2 Å². The molecule has 3 atom stereocenters. The Morgan fingerprint density at radius 3 is 2.63 bits per heavy atom. The fourth-order valence-electron chi connectivity index (χ4n) is 5.00. The summed E-state index contributed by atoms with van der Waals surface area (Å²) in [4.78, 5) is 12.0. The fourth-order valence-corrected chi connectivity index (χ4v) is 5.00. The molecule has 4 heteroatoms. The Labute approximate surface area is 162 Å². The van der Waals surface area contributed by atoms with Crippen molar-refractivity contribution < 1.29 is 19.7 Å². The van der Waals surface area contributed by atoms with Crippen LogP contribution in [0.1, 0.15) is 101 Å². The van der Waals surface area contributed by atoms with Crippen LogP contribution in [-0.4, -0.2) is 21.8 Å². The molecule has 150 valence electrons. The van der Waals surface area contributed by atoms with E-state index >= 15 is 0 Å². The summed E-state index contributed by atoms with van der Waals surface area (Å²) >= 11 is 0. The SMILES string of the molecule is CCCCCc1cc2c(c(O)c1C(=O)O)C1C[C@@](C)(CC[C@H](C)C1(C)C)O2. The molecule has 0 radical (unpaired) electrons. The summed E-state index contributed by atoms with van der Waals surface area (Å²) in [6.07, 6.45) is 6.56. The molecular formula is C23H34O4. The summed E-state index contributed by atoms with van der Waals surface area (Å²) < 4.78 is 6.42. The lowest BCUT2D eigenvalue weighted by Gasteiger charge is -2.45. The van der Waals surface area contributed by atoms with Gasteiger partial charge in [-0.15, -0.1) is 0 Å². The molecule has 1 aliphatic carbocycles. The molecule has 2 aliphatic rings. The minimum Gasteiger partial charge on any atom is -0.507 e. The third-order valence-corrected chi connectivity index (χ3v) is 7.26. The van der Waals surface area contributed by atoms with E-state index in [0.29, 0.717) is 29.2 Å². The molecule has 0 saturated heterocycles. The molecule has 1 saturated carbocycles. The van der Waals surface area contributed by atoms with E-state index in [1.807, 2.05) is 6.07 Å². The second kappa shape index (κ2) is 7.03. The van der Waals surface area contributed by atoms with Gasteiger partial charge in [0, 0.05) is 11.5 Å². The van der Waals surface area contributed by atoms with Crippen molar-refractivity contribution in [1.29, 1.82) is 0 Å². The fraction of sp³-hybridized carbons (Fsp3) is 0.696. The minimum absolute atomic E-state index is 0.0345. The first-order chi connectivity index (χ1) is 12.6. The number of fused-ring (bicyclic) bond motifs is 4. The maximum absolute atomic E-state index is 12.0. The molecule has 2 N–H and O–H groups in total. The molecule has 0 spiro atoms. The Morgan fingerprint density at radius 2 is 2.00 bits per heavy atom. The number of hydrogen-bond acceptors (Lipinski definition) is 3. The molecular weight excluding hydrogens is 340 g/mol. The Morgan fingerprint density at radius 1 is 1.30 bits per heavy atom. The Kier molecular flexibility index (Phi) is 5.22. The second-order valence-corrected chi connectivity index (χ2v) is 9.50. The van der Waals surface area contributed by atoms with Crippen LogP contribution in [0.4, 0.5) is 0 Å². The summed E-state index contributed by atoms with van der Waals surface area (Å²) in [7, 11) is 0. The van der Waals surface area contributed by atoms with Gasteiger partial charge in [0.25, 0.3) is 0 Å². The predicted octanol–water partition coefficient (Wildman–Crippen LogP) is 5.90. The number of carbonyl (C=O) groups is 1. The van der Waals surface area contributed by atoms with Crippen LogP contribution in [-0.2, 0) is 6.42 Å². The van der Waals surface area contributed by atoms with Gasteiger partial charge in [-0.3, -0.25) is 0 Å². The lowest BCUT2D eigenvalue weighted by atomic mass is 9.64. The van der Waals surface area contributed by atoms with E-state index in [9.17, 15) is 15.0 Å². The number of benzene rings is 1. The second-order valence-electron chi connectivity index (χ2n) is 9.50. The van der Waals surface area contributed by atoms with Crippen LogP contribution in [0.2, 0.25) is 0 Å². The first-order valence-electron chi connectivity index (χ1n) is 10.4. The normalized spacial score (nSPS) is 28.8. The highest BCUT2D eigenvalue weighted by Gasteiger charge is 2.50. The van der Waals surface area contributed by atoms with Crippen molar-refractivity contribution in [2.24, 2.45) is 11.3 Å². The molecule has 1 aliphatic heterocycles. The molecule has 1 fully saturated rings. The van der Waals surface area contributed by atoms with Gasteiger partial charge < -0.3 is 14.9 Å².